The fraction of sp³-hybridized carbons (Fsp3) is 0.300. The molecule has 0 N–H and O–H groups in total. The Morgan fingerprint density at radius 2 is 2.08 bits per heavy atom. The molecule has 0 saturated carbocycles. The monoisotopic (exact) mass is 239 g/mol. The zero-order chi connectivity index (χ0) is 9.10. The summed E-state index contributed by atoms with van der Waals surface area (Å²) in [5, 5.41) is 0. The highest BCUT2D eigenvalue weighted by Crippen LogP contribution is 2.18. The van der Waals surface area contributed by atoms with Gasteiger partial charge in [-0.05, 0) is 22.0 Å². The molecule has 0 radical (unpaired) electrons. The SMILES string of the molecule is Brc1ccc(OC2CC=CC2)nc1. The van der Waals surface area contributed by atoms with E-state index in [0.717, 1.165) is 17.3 Å². The maximum atomic E-state index is 5.64. The van der Waals surface area contributed by atoms with Gasteiger partial charge in [-0.3, -0.25) is 0 Å². The molecular formula is C10H10BrNO. The van der Waals surface area contributed by atoms with E-state index in [-0.39, 0.29) is 6.10 Å². The molecule has 0 aromatic carbocycles. The van der Waals surface area contributed by atoms with E-state index in [1.165, 1.54) is 0 Å². The summed E-state index contributed by atoms with van der Waals surface area (Å²) < 4.78 is 6.61. The van der Waals surface area contributed by atoms with Crippen molar-refractivity contribution < 1.29 is 4.74 Å². The first-order valence-corrected chi connectivity index (χ1v) is 5.07. The standard InChI is InChI=1S/C10H10BrNO/c11-8-5-6-10(12-7-8)13-9-3-1-2-4-9/h1-2,5-7,9H,3-4H2. The molecule has 3 heteroatoms. The van der Waals surface area contributed by atoms with Crippen LogP contribution in [0.15, 0.2) is 35.0 Å². The van der Waals surface area contributed by atoms with Gasteiger partial charge in [0, 0.05) is 29.6 Å². The molecule has 13 heavy (non-hydrogen) atoms. The van der Waals surface area contributed by atoms with Crippen molar-refractivity contribution >= 4 is 15.9 Å². The summed E-state index contributed by atoms with van der Waals surface area (Å²) in [6, 6.07) is 3.81. The van der Waals surface area contributed by atoms with E-state index < -0.39 is 0 Å². The van der Waals surface area contributed by atoms with Gasteiger partial charge in [0.1, 0.15) is 6.10 Å². The van der Waals surface area contributed by atoms with Gasteiger partial charge in [-0.1, -0.05) is 12.2 Å². The Labute approximate surface area is 85.8 Å². The van der Waals surface area contributed by atoms with Crippen molar-refractivity contribution in [3.63, 3.8) is 0 Å². The first kappa shape index (κ1) is 8.75. The lowest BCUT2D eigenvalue weighted by molar-refractivity contribution is 0.207. The zero-order valence-electron chi connectivity index (χ0n) is 7.11. The molecule has 0 unspecified atom stereocenters. The van der Waals surface area contributed by atoms with Crippen LogP contribution >= 0.6 is 15.9 Å². The van der Waals surface area contributed by atoms with E-state index in [9.17, 15) is 0 Å². The number of rotatable bonds is 2. The summed E-state index contributed by atoms with van der Waals surface area (Å²) in [4.78, 5) is 4.14. The lowest BCUT2D eigenvalue weighted by Gasteiger charge is -2.11. The highest BCUT2D eigenvalue weighted by molar-refractivity contribution is 9.10. The molecule has 0 saturated heterocycles. The maximum absolute atomic E-state index is 5.64. The van der Waals surface area contributed by atoms with Crippen LogP contribution in [0.25, 0.3) is 0 Å². The second-order valence-corrected chi connectivity index (χ2v) is 3.91. The van der Waals surface area contributed by atoms with E-state index in [1.54, 1.807) is 6.20 Å². The van der Waals surface area contributed by atoms with Crippen LogP contribution in [-0.4, -0.2) is 11.1 Å². The molecule has 1 aliphatic carbocycles. The third-order valence-corrected chi connectivity index (χ3v) is 2.42. The summed E-state index contributed by atoms with van der Waals surface area (Å²) >= 11 is 3.33. The van der Waals surface area contributed by atoms with Crippen molar-refractivity contribution in [2.24, 2.45) is 0 Å². The molecule has 0 amide bonds. The summed E-state index contributed by atoms with van der Waals surface area (Å²) in [5.41, 5.74) is 0. The molecule has 0 atom stereocenters. The molecule has 0 fully saturated rings. The molecule has 1 aliphatic rings. The molecule has 1 aromatic heterocycles. The number of hydrogen-bond donors (Lipinski definition) is 0. The van der Waals surface area contributed by atoms with Gasteiger partial charge in [0.15, 0.2) is 0 Å². The quantitative estimate of drug-likeness (QED) is 0.741. The Hall–Kier alpha value is -0.830. The fourth-order valence-electron chi connectivity index (χ4n) is 1.29. The van der Waals surface area contributed by atoms with Crippen LogP contribution in [-0.2, 0) is 0 Å². The molecule has 1 aromatic rings. The number of aromatic nitrogens is 1. The number of halogens is 1. The minimum atomic E-state index is 0.286. The summed E-state index contributed by atoms with van der Waals surface area (Å²) in [6.45, 7) is 0. The van der Waals surface area contributed by atoms with Crippen LogP contribution in [0.3, 0.4) is 0 Å². The van der Waals surface area contributed by atoms with Crippen molar-refractivity contribution in [2.75, 3.05) is 0 Å². The highest BCUT2D eigenvalue weighted by Gasteiger charge is 2.11. The Bertz CT molecular complexity index is 299. The Morgan fingerprint density at radius 3 is 2.69 bits per heavy atom. The van der Waals surface area contributed by atoms with Gasteiger partial charge in [0.05, 0.1) is 0 Å². The molecule has 2 nitrogen and oxygen atoms in total. The predicted molar refractivity (Wildman–Crippen MR) is 54.7 cm³/mol. The van der Waals surface area contributed by atoms with Crippen molar-refractivity contribution in [2.45, 2.75) is 18.9 Å². The maximum Gasteiger partial charge on any atom is 0.213 e. The molecule has 0 aliphatic heterocycles. The van der Waals surface area contributed by atoms with Crippen LogP contribution in [0.4, 0.5) is 0 Å². The Morgan fingerprint density at radius 1 is 1.31 bits per heavy atom. The molecule has 0 spiro atoms. The Kier molecular flexibility index (Phi) is 2.64. The Balaban J connectivity index is 1.97. The smallest absolute Gasteiger partial charge is 0.213 e. The summed E-state index contributed by atoms with van der Waals surface area (Å²) in [6.07, 6.45) is 8.31. The predicted octanol–water partition coefficient (Wildman–Crippen LogP) is 2.94. The lowest BCUT2D eigenvalue weighted by Crippen LogP contribution is -2.12. The molecular weight excluding hydrogens is 230 g/mol. The number of pyridine rings is 1. The summed E-state index contributed by atoms with van der Waals surface area (Å²) in [5.74, 6) is 0.705. The number of ether oxygens (including phenoxy) is 1. The average molecular weight is 240 g/mol. The number of nitrogens with zero attached hydrogens (tertiary/aromatic N) is 1. The minimum absolute atomic E-state index is 0.286. The van der Waals surface area contributed by atoms with Gasteiger partial charge in [-0.25, -0.2) is 4.98 Å². The molecule has 68 valence electrons. The van der Waals surface area contributed by atoms with Crippen molar-refractivity contribution in [1.82, 2.24) is 4.98 Å². The van der Waals surface area contributed by atoms with Crippen LogP contribution in [0.5, 0.6) is 5.88 Å². The second-order valence-electron chi connectivity index (χ2n) is 3.00. The second kappa shape index (κ2) is 3.92. The van der Waals surface area contributed by atoms with Gasteiger partial charge >= 0.3 is 0 Å². The minimum Gasteiger partial charge on any atom is -0.474 e. The average Bonchev–Trinajstić information content (AvgIpc) is 2.62. The van der Waals surface area contributed by atoms with Crippen LogP contribution in [0.2, 0.25) is 0 Å². The van der Waals surface area contributed by atoms with Crippen molar-refractivity contribution in [1.29, 1.82) is 0 Å². The van der Waals surface area contributed by atoms with Gasteiger partial charge in [-0.2, -0.15) is 0 Å². The van der Waals surface area contributed by atoms with E-state index in [0.29, 0.717) is 5.88 Å². The van der Waals surface area contributed by atoms with Crippen LogP contribution < -0.4 is 4.74 Å². The van der Waals surface area contributed by atoms with Gasteiger partial charge in [-0.15, -0.1) is 0 Å². The van der Waals surface area contributed by atoms with Gasteiger partial charge < -0.3 is 4.74 Å². The summed E-state index contributed by atoms with van der Waals surface area (Å²) in [7, 11) is 0. The highest BCUT2D eigenvalue weighted by atomic mass is 79.9. The first-order chi connectivity index (χ1) is 6.34. The van der Waals surface area contributed by atoms with Gasteiger partial charge in [0.2, 0.25) is 5.88 Å². The third kappa shape index (κ3) is 2.31. The van der Waals surface area contributed by atoms with E-state index in [2.05, 4.69) is 33.1 Å². The van der Waals surface area contributed by atoms with Crippen LogP contribution in [0.1, 0.15) is 12.8 Å². The number of hydrogen-bond acceptors (Lipinski definition) is 2. The van der Waals surface area contributed by atoms with Crippen molar-refractivity contribution in [3.8, 4) is 5.88 Å². The zero-order valence-corrected chi connectivity index (χ0v) is 8.70. The third-order valence-electron chi connectivity index (χ3n) is 1.95. The fourth-order valence-corrected chi connectivity index (χ4v) is 1.53. The normalized spacial score (nSPS) is 16.4. The van der Waals surface area contributed by atoms with E-state index in [4.69, 9.17) is 4.74 Å². The topological polar surface area (TPSA) is 22.1 Å². The lowest BCUT2D eigenvalue weighted by atomic mass is 10.3. The molecule has 1 heterocycles. The largest absolute Gasteiger partial charge is 0.474 e. The van der Waals surface area contributed by atoms with Gasteiger partial charge in [0.25, 0.3) is 0 Å². The molecule has 2 rings (SSSR count). The molecule has 0 bridgehead atoms. The van der Waals surface area contributed by atoms with Crippen molar-refractivity contribution in [3.05, 3.63) is 35.0 Å². The van der Waals surface area contributed by atoms with E-state index >= 15 is 0 Å². The van der Waals surface area contributed by atoms with E-state index in [1.807, 2.05) is 12.1 Å². The van der Waals surface area contributed by atoms with Crippen LogP contribution in [0, 0.1) is 0 Å². The first-order valence-electron chi connectivity index (χ1n) is 4.28.